The Labute approximate surface area is 133 Å². The average molecular weight is 332 g/mol. The fourth-order valence-electron chi connectivity index (χ4n) is 2.19. The molecule has 6 nitrogen and oxygen atoms in total. The number of nitro groups is 1. The number of thioether (sulfide) groups is 1. The molecule has 1 fully saturated rings. The van der Waals surface area contributed by atoms with Crippen LogP contribution in [0, 0.1) is 10.1 Å². The number of amides is 1. The van der Waals surface area contributed by atoms with Gasteiger partial charge in [0.25, 0.3) is 11.6 Å². The number of nitro benzene ring substituents is 1. The van der Waals surface area contributed by atoms with Gasteiger partial charge >= 0.3 is 0 Å². The summed E-state index contributed by atoms with van der Waals surface area (Å²) in [7, 11) is 0. The summed E-state index contributed by atoms with van der Waals surface area (Å²) in [6, 6.07) is 4.70. The van der Waals surface area contributed by atoms with Crippen LogP contribution in [0.4, 0.5) is 5.69 Å². The summed E-state index contributed by atoms with van der Waals surface area (Å²) in [6.07, 6.45) is 2.74. The Hall–Kier alpha value is -1.31. The van der Waals surface area contributed by atoms with E-state index in [-0.39, 0.29) is 29.6 Å². The minimum absolute atomic E-state index is 0. The van der Waals surface area contributed by atoms with Crippen LogP contribution in [0.2, 0.25) is 0 Å². The second kappa shape index (κ2) is 8.21. The molecule has 21 heavy (non-hydrogen) atoms. The molecular weight excluding hydrogens is 314 g/mol. The molecule has 116 valence electrons. The van der Waals surface area contributed by atoms with Gasteiger partial charge in [0.15, 0.2) is 0 Å². The molecule has 8 heteroatoms. The lowest BCUT2D eigenvalue weighted by Gasteiger charge is -2.20. The monoisotopic (exact) mass is 331 g/mol. The van der Waals surface area contributed by atoms with Gasteiger partial charge in [-0.05, 0) is 31.4 Å². The number of rotatable bonds is 3. The van der Waals surface area contributed by atoms with Crippen molar-refractivity contribution in [2.24, 2.45) is 0 Å². The molecule has 1 amide bonds. The Kier molecular flexibility index (Phi) is 6.94. The van der Waals surface area contributed by atoms with E-state index in [0.717, 1.165) is 24.4 Å². The molecule has 0 atom stereocenters. The molecule has 0 saturated carbocycles. The summed E-state index contributed by atoms with van der Waals surface area (Å²) in [4.78, 5) is 25.7. The van der Waals surface area contributed by atoms with Gasteiger partial charge in [-0.2, -0.15) is 0 Å². The van der Waals surface area contributed by atoms with Crippen LogP contribution in [-0.2, 0) is 0 Å². The van der Waals surface area contributed by atoms with E-state index >= 15 is 0 Å². The fourth-order valence-corrected chi connectivity index (χ4v) is 2.63. The molecular formula is C13H18ClN3O3S. The first kappa shape index (κ1) is 17.7. The van der Waals surface area contributed by atoms with Crippen molar-refractivity contribution >= 4 is 35.8 Å². The minimum atomic E-state index is -0.493. The number of hydrogen-bond acceptors (Lipinski definition) is 5. The molecule has 0 aliphatic carbocycles. The van der Waals surface area contributed by atoms with Crippen molar-refractivity contribution < 1.29 is 9.72 Å². The summed E-state index contributed by atoms with van der Waals surface area (Å²) in [5.74, 6) is -0.253. The summed E-state index contributed by atoms with van der Waals surface area (Å²) < 4.78 is 0. The second-order valence-corrected chi connectivity index (χ2v) is 5.42. The molecule has 2 rings (SSSR count). The van der Waals surface area contributed by atoms with Gasteiger partial charge in [0.05, 0.1) is 4.92 Å². The van der Waals surface area contributed by atoms with Crippen LogP contribution < -0.4 is 5.32 Å². The van der Waals surface area contributed by atoms with Gasteiger partial charge in [-0.25, -0.2) is 0 Å². The molecule has 0 aromatic heterocycles. The van der Waals surface area contributed by atoms with Crippen LogP contribution in [-0.4, -0.2) is 48.2 Å². The highest BCUT2D eigenvalue weighted by Gasteiger charge is 2.25. The summed E-state index contributed by atoms with van der Waals surface area (Å²) >= 11 is 1.47. The smallest absolute Gasteiger partial charge is 0.282 e. The Bertz CT molecular complexity index is 519. The van der Waals surface area contributed by atoms with Crippen LogP contribution in [0.5, 0.6) is 0 Å². The van der Waals surface area contributed by atoms with Crippen LogP contribution in [0.1, 0.15) is 16.8 Å². The zero-order valence-electron chi connectivity index (χ0n) is 11.7. The highest BCUT2D eigenvalue weighted by molar-refractivity contribution is 7.98. The number of halogens is 1. The fraction of sp³-hybridized carbons (Fsp3) is 0.462. The van der Waals surface area contributed by atoms with Gasteiger partial charge in [0.1, 0.15) is 5.56 Å². The third-order valence-corrected chi connectivity index (χ3v) is 3.98. The van der Waals surface area contributed by atoms with Crippen molar-refractivity contribution in [3.8, 4) is 0 Å². The SMILES string of the molecule is CSc1ccc([N+](=O)[O-])c(C(=O)N2CCCNCC2)c1.Cl. The number of nitrogens with one attached hydrogen (secondary N) is 1. The Morgan fingerprint density at radius 1 is 1.38 bits per heavy atom. The Morgan fingerprint density at radius 2 is 2.14 bits per heavy atom. The zero-order chi connectivity index (χ0) is 14.5. The van der Waals surface area contributed by atoms with Crippen LogP contribution in [0.15, 0.2) is 23.1 Å². The van der Waals surface area contributed by atoms with Gasteiger partial charge in [-0.3, -0.25) is 14.9 Å². The number of carbonyl (C=O) groups is 1. The van der Waals surface area contributed by atoms with Crippen molar-refractivity contribution in [1.29, 1.82) is 0 Å². The Morgan fingerprint density at radius 3 is 2.81 bits per heavy atom. The van der Waals surface area contributed by atoms with E-state index in [0.29, 0.717) is 13.1 Å². The highest BCUT2D eigenvalue weighted by Crippen LogP contribution is 2.26. The van der Waals surface area contributed by atoms with Gasteiger partial charge in [0, 0.05) is 30.6 Å². The number of hydrogen-bond donors (Lipinski definition) is 1. The maximum absolute atomic E-state index is 12.5. The lowest BCUT2D eigenvalue weighted by atomic mass is 10.1. The third-order valence-electron chi connectivity index (χ3n) is 3.26. The van der Waals surface area contributed by atoms with Crippen LogP contribution in [0.25, 0.3) is 0 Å². The largest absolute Gasteiger partial charge is 0.337 e. The predicted molar refractivity (Wildman–Crippen MR) is 85.5 cm³/mol. The molecule has 0 bridgehead atoms. The van der Waals surface area contributed by atoms with Crippen molar-refractivity contribution in [2.75, 3.05) is 32.4 Å². The van der Waals surface area contributed by atoms with Gasteiger partial charge in [0.2, 0.25) is 0 Å². The standard InChI is InChI=1S/C13H17N3O3S.ClH/c1-20-10-3-4-12(16(18)19)11(9-10)13(17)15-7-2-5-14-6-8-15;/h3-4,9,14H,2,5-8H2,1H3;1H. The Balaban J connectivity index is 0.00000220. The number of nitrogens with zero attached hydrogens (tertiary/aromatic N) is 2. The molecule has 1 heterocycles. The van der Waals surface area contributed by atoms with E-state index < -0.39 is 4.92 Å². The normalized spacial score (nSPS) is 15.0. The van der Waals surface area contributed by atoms with Crippen LogP contribution >= 0.6 is 24.2 Å². The molecule has 0 unspecified atom stereocenters. The summed E-state index contributed by atoms with van der Waals surface area (Å²) in [5.41, 5.74) is 0.0637. The molecule has 1 aromatic carbocycles. The quantitative estimate of drug-likeness (QED) is 0.522. The van der Waals surface area contributed by atoms with Crippen molar-refractivity contribution in [2.45, 2.75) is 11.3 Å². The number of benzene rings is 1. The molecule has 1 aromatic rings. The highest BCUT2D eigenvalue weighted by atomic mass is 35.5. The predicted octanol–water partition coefficient (Wildman–Crippen LogP) is 2.17. The molecule has 0 spiro atoms. The lowest BCUT2D eigenvalue weighted by Crippen LogP contribution is -2.34. The van der Waals surface area contributed by atoms with E-state index in [4.69, 9.17) is 0 Å². The third kappa shape index (κ3) is 4.33. The lowest BCUT2D eigenvalue weighted by molar-refractivity contribution is -0.385. The van der Waals surface area contributed by atoms with E-state index in [1.54, 1.807) is 17.0 Å². The van der Waals surface area contributed by atoms with Gasteiger partial charge < -0.3 is 10.2 Å². The maximum atomic E-state index is 12.5. The zero-order valence-corrected chi connectivity index (χ0v) is 13.3. The first-order chi connectivity index (χ1) is 9.63. The van der Waals surface area contributed by atoms with E-state index in [1.165, 1.54) is 17.8 Å². The molecule has 1 aliphatic rings. The maximum Gasteiger partial charge on any atom is 0.282 e. The van der Waals surface area contributed by atoms with E-state index in [9.17, 15) is 14.9 Å². The molecule has 1 N–H and O–H groups in total. The topological polar surface area (TPSA) is 75.5 Å². The van der Waals surface area contributed by atoms with Crippen molar-refractivity contribution in [3.05, 3.63) is 33.9 Å². The first-order valence-electron chi connectivity index (χ1n) is 6.46. The average Bonchev–Trinajstić information content (AvgIpc) is 2.74. The van der Waals surface area contributed by atoms with Gasteiger partial charge in [-0.15, -0.1) is 24.2 Å². The first-order valence-corrected chi connectivity index (χ1v) is 7.68. The second-order valence-electron chi connectivity index (χ2n) is 4.54. The summed E-state index contributed by atoms with van der Waals surface area (Å²) in [5, 5.41) is 14.3. The summed E-state index contributed by atoms with van der Waals surface area (Å²) in [6.45, 7) is 2.81. The van der Waals surface area contributed by atoms with Crippen molar-refractivity contribution in [3.63, 3.8) is 0 Å². The molecule has 1 saturated heterocycles. The number of carbonyl (C=O) groups excluding carboxylic acids is 1. The van der Waals surface area contributed by atoms with E-state index in [2.05, 4.69) is 5.32 Å². The minimum Gasteiger partial charge on any atom is -0.337 e. The molecule has 0 radical (unpaired) electrons. The molecule has 1 aliphatic heterocycles. The van der Waals surface area contributed by atoms with Crippen LogP contribution in [0.3, 0.4) is 0 Å². The van der Waals surface area contributed by atoms with Gasteiger partial charge in [-0.1, -0.05) is 0 Å². The van der Waals surface area contributed by atoms with E-state index in [1.807, 2.05) is 6.26 Å². The van der Waals surface area contributed by atoms with Crippen molar-refractivity contribution in [1.82, 2.24) is 10.2 Å².